The van der Waals surface area contributed by atoms with E-state index in [9.17, 15) is 14.4 Å². The lowest BCUT2D eigenvalue weighted by molar-refractivity contribution is -0.155. The summed E-state index contributed by atoms with van der Waals surface area (Å²) < 4.78 is 16.9. The Morgan fingerprint density at radius 2 is 1.40 bits per heavy atom. The van der Waals surface area contributed by atoms with E-state index in [1.165, 1.54) is 0 Å². The van der Waals surface area contributed by atoms with Crippen molar-refractivity contribution < 1.29 is 23.9 Å². The van der Waals surface area contributed by atoms with E-state index >= 15 is 0 Å². The molecule has 21 heteroatoms. The van der Waals surface area contributed by atoms with E-state index in [0.29, 0.717) is 79.3 Å². The number of rotatable bonds is 13. The van der Waals surface area contributed by atoms with Gasteiger partial charge in [-0.25, -0.2) is 19.9 Å². The van der Waals surface area contributed by atoms with E-state index in [2.05, 4.69) is 45.3 Å². The number of nitrogens with two attached hydrogens (primary N) is 1. The van der Waals surface area contributed by atoms with E-state index in [1.807, 2.05) is 75.8 Å². The predicted molar refractivity (Wildman–Crippen MR) is 287 cm³/mol. The molecule has 18 nitrogen and oxygen atoms in total. The molecule has 8 aromatic rings. The molecule has 2 aliphatic carbocycles. The molecule has 2 aromatic carbocycles. The molecule has 0 radical (unpaired) electrons. The van der Waals surface area contributed by atoms with Crippen molar-refractivity contribution in [3.05, 3.63) is 82.4 Å². The zero-order chi connectivity index (χ0) is 51.9. The van der Waals surface area contributed by atoms with Crippen LogP contribution in [-0.2, 0) is 35.1 Å². The number of nitrogens with one attached hydrogen (secondary N) is 3. The average Bonchev–Trinajstić information content (AvgIpc) is 4.20. The van der Waals surface area contributed by atoms with Gasteiger partial charge < -0.3 is 35.4 Å². The third-order valence-electron chi connectivity index (χ3n) is 13.3. The second-order valence-corrected chi connectivity index (χ2v) is 28.1. The van der Waals surface area contributed by atoms with Gasteiger partial charge in [0.1, 0.15) is 46.1 Å². The third kappa shape index (κ3) is 11.9. The Hall–Kier alpha value is -6.25. The SMILES string of the molecule is Cn1nc(-c2cnc3[nH]cc(C(=O)NC4CCC(N)C4)c3n2)c2ccc(Cl)cc21.Cn1nc(-c2cnc3c(n2)c(C(=O)NC2CCC(CC(=O)OC(C)(C)C)C2)cn3COCC[Si](C)(C)C)c2ccc(Cl)cc21. The van der Waals surface area contributed by atoms with E-state index in [-0.39, 0.29) is 48.6 Å². The molecule has 2 saturated carbocycles. The summed E-state index contributed by atoms with van der Waals surface area (Å²) in [6.07, 6.45) is 12.1. The summed E-state index contributed by atoms with van der Waals surface area (Å²) in [5, 5.41) is 18.6. The minimum atomic E-state index is -1.25. The predicted octanol–water partition coefficient (Wildman–Crippen LogP) is 9.36. The number of nitrogens with zero attached hydrogens (tertiary/aromatic N) is 9. The minimum Gasteiger partial charge on any atom is -0.460 e. The second kappa shape index (κ2) is 20.9. The molecule has 6 aromatic heterocycles. The maximum Gasteiger partial charge on any atom is 0.306 e. The highest BCUT2D eigenvalue weighted by molar-refractivity contribution is 6.76. The van der Waals surface area contributed by atoms with Crippen LogP contribution in [0, 0.1) is 5.92 Å². The van der Waals surface area contributed by atoms with Gasteiger partial charge >= 0.3 is 5.97 Å². The van der Waals surface area contributed by atoms with Gasteiger partial charge in [-0.3, -0.25) is 23.7 Å². The van der Waals surface area contributed by atoms with E-state index in [4.69, 9.17) is 58.5 Å². The highest BCUT2D eigenvalue weighted by Gasteiger charge is 2.31. The minimum absolute atomic E-state index is 0.0399. The normalized spacial score (nSPS) is 18.2. The third-order valence-corrected chi connectivity index (χ3v) is 15.5. The van der Waals surface area contributed by atoms with Crippen LogP contribution in [0.3, 0.4) is 0 Å². The maximum absolute atomic E-state index is 13.8. The first-order valence-electron chi connectivity index (χ1n) is 24.8. The van der Waals surface area contributed by atoms with Crippen molar-refractivity contribution in [2.24, 2.45) is 25.7 Å². The smallest absolute Gasteiger partial charge is 0.306 e. The van der Waals surface area contributed by atoms with Crippen LogP contribution < -0.4 is 16.4 Å². The quantitative estimate of drug-likeness (QED) is 0.0481. The first-order chi connectivity index (χ1) is 34.7. The number of hydrogen-bond acceptors (Lipinski definition) is 12. The van der Waals surface area contributed by atoms with Crippen molar-refractivity contribution in [3.8, 4) is 22.8 Å². The average molecular weight is 1050 g/mol. The van der Waals surface area contributed by atoms with Crippen molar-refractivity contribution in [3.63, 3.8) is 0 Å². The lowest BCUT2D eigenvalue weighted by Gasteiger charge is -2.20. The number of fused-ring (bicyclic) bond motifs is 4. The number of esters is 1. The Labute approximate surface area is 434 Å². The van der Waals surface area contributed by atoms with Gasteiger partial charge in [0.25, 0.3) is 11.8 Å². The Morgan fingerprint density at radius 1 is 0.808 bits per heavy atom. The number of carbonyl (C=O) groups excluding carboxylic acids is 3. The van der Waals surface area contributed by atoms with Gasteiger partial charge in [0.2, 0.25) is 0 Å². The number of aromatic amines is 1. The molecule has 4 atom stereocenters. The molecule has 6 heterocycles. The van der Waals surface area contributed by atoms with Crippen molar-refractivity contribution >= 4 is 93.2 Å². The zero-order valence-corrected chi connectivity index (χ0v) is 45.1. The molecule has 0 saturated heterocycles. The summed E-state index contributed by atoms with van der Waals surface area (Å²) in [5.41, 5.74) is 12.8. The molecule has 0 aliphatic heterocycles. The molecule has 2 amide bonds. The number of halogens is 2. The van der Waals surface area contributed by atoms with Crippen LogP contribution in [0.15, 0.2) is 61.2 Å². The van der Waals surface area contributed by atoms with Crippen LogP contribution in [0.2, 0.25) is 35.7 Å². The van der Waals surface area contributed by atoms with Crippen molar-refractivity contribution in [2.45, 2.75) is 122 Å². The van der Waals surface area contributed by atoms with Crippen LogP contribution in [0.4, 0.5) is 0 Å². The number of ether oxygens (including phenoxy) is 2. The van der Waals surface area contributed by atoms with Crippen LogP contribution in [0.25, 0.3) is 66.9 Å². The zero-order valence-electron chi connectivity index (χ0n) is 42.6. The molecule has 5 N–H and O–H groups in total. The topological polar surface area (TPSA) is 228 Å². The van der Waals surface area contributed by atoms with E-state index in [1.54, 1.807) is 34.2 Å². The summed E-state index contributed by atoms with van der Waals surface area (Å²) in [6.45, 7) is 13.5. The molecule has 384 valence electrons. The molecular weight excluding hydrogens is 986 g/mol. The van der Waals surface area contributed by atoms with Gasteiger partial charge in [0, 0.05) is 86.5 Å². The summed E-state index contributed by atoms with van der Waals surface area (Å²) in [4.78, 5) is 60.8. The lowest BCUT2D eigenvalue weighted by atomic mass is 10.0. The first-order valence-corrected chi connectivity index (χ1v) is 29.2. The molecular formula is C52H63Cl2N13O5Si. The van der Waals surface area contributed by atoms with Gasteiger partial charge in [0.05, 0.1) is 34.6 Å². The number of aromatic nitrogens is 10. The van der Waals surface area contributed by atoms with Gasteiger partial charge in [-0.1, -0.05) is 42.8 Å². The number of H-pyrrole nitrogens is 1. The van der Waals surface area contributed by atoms with Crippen LogP contribution in [-0.4, -0.2) is 105 Å². The Balaban J connectivity index is 0.000000195. The molecule has 2 aliphatic rings. The van der Waals surface area contributed by atoms with E-state index < -0.39 is 13.7 Å². The monoisotopic (exact) mass is 1050 g/mol. The van der Waals surface area contributed by atoms with E-state index in [0.717, 1.165) is 66.4 Å². The molecule has 0 spiro atoms. The first kappa shape index (κ1) is 51.6. The van der Waals surface area contributed by atoms with Crippen molar-refractivity contribution in [1.82, 2.24) is 59.7 Å². The number of aryl methyl sites for hydroxylation is 2. The largest absolute Gasteiger partial charge is 0.460 e. The Bertz CT molecular complexity index is 3370. The summed E-state index contributed by atoms with van der Waals surface area (Å²) in [7, 11) is 2.46. The molecule has 2 fully saturated rings. The fourth-order valence-electron chi connectivity index (χ4n) is 9.67. The lowest BCUT2D eigenvalue weighted by Crippen LogP contribution is -2.34. The molecule has 0 bridgehead atoms. The highest BCUT2D eigenvalue weighted by Crippen LogP contribution is 2.33. The van der Waals surface area contributed by atoms with Gasteiger partial charge in [0.15, 0.2) is 11.3 Å². The van der Waals surface area contributed by atoms with Crippen molar-refractivity contribution in [1.29, 1.82) is 0 Å². The van der Waals surface area contributed by atoms with Crippen LogP contribution in [0.1, 0.15) is 86.4 Å². The summed E-state index contributed by atoms with van der Waals surface area (Å²) >= 11 is 12.4. The van der Waals surface area contributed by atoms with Gasteiger partial charge in [-0.05, 0) is 108 Å². The molecule has 4 unspecified atom stereocenters. The molecule has 10 rings (SSSR count). The summed E-state index contributed by atoms with van der Waals surface area (Å²) in [6, 6.07) is 12.5. The van der Waals surface area contributed by atoms with Crippen molar-refractivity contribution in [2.75, 3.05) is 6.61 Å². The maximum atomic E-state index is 13.8. The summed E-state index contributed by atoms with van der Waals surface area (Å²) in [5.74, 6) is -0.408. The number of benzene rings is 2. The Kier molecular flexibility index (Phi) is 14.8. The number of carbonyl (C=O) groups is 3. The fraction of sp³-hybridized carbons (Fsp3) is 0.442. The standard InChI is InChI=1S/C32H43ClN6O4Si.C20H20ClN7O/c1-32(2,3)43-27(40)15-20-8-10-22(14-20)35-31(41)24-18-39(19-42-12-13-44(5,6)7)30-29(24)36-25(17-34-30)28-23-11-9-21(33)16-26(23)38(4)37-28;1-28-16-6-10(21)2-5-13(16)17(27-28)15-9-24-19-18(26-15)14(8-23-19)20(29)25-12-4-3-11(22)7-12/h9,11,16-18,20,22H,8,10,12-15,19H2,1-7H3,(H,35,41);2,5-6,8-9,11-12H,3-4,7,22H2,1H3,(H,23,24)(H,25,29). The number of amides is 2. The number of hydrogen-bond donors (Lipinski definition) is 4. The van der Waals surface area contributed by atoms with Crippen LogP contribution in [0.5, 0.6) is 0 Å². The fourth-order valence-corrected chi connectivity index (χ4v) is 10.8. The van der Waals surface area contributed by atoms with Gasteiger partial charge in [-0.2, -0.15) is 10.2 Å². The van der Waals surface area contributed by atoms with Crippen LogP contribution >= 0.6 is 23.2 Å². The second-order valence-electron chi connectivity index (χ2n) is 21.6. The Morgan fingerprint density at radius 3 is 2.00 bits per heavy atom. The molecule has 73 heavy (non-hydrogen) atoms. The highest BCUT2D eigenvalue weighted by atomic mass is 35.5. The van der Waals surface area contributed by atoms with Gasteiger partial charge in [-0.15, -0.1) is 0 Å².